The van der Waals surface area contributed by atoms with E-state index in [1.807, 2.05) is 36.6 Å². The molecule has 0 fully saturated rings. The molecule has 0 bridgehead atoms. The van der Waals surface area contributed by atoms with E-state index in [2.05, 4.69) is 28.2 Å². The van der Waals surface area contributed by atoms with Crippen molar-refractivity contribution in [1.29, 1.82) is 0 Å². The fourth-order valence-electron chi connectivity index (χ4n) is 2.73. The molecule has 0 unspecified atom stereocenters. The molecule has 0 radical (unpaired) electrons. The molecule has 152 valence electrons. The van der Waals surface area contributed by atoms with E-state index in [-0.39, 0.29) is 18.3 Å². The summed E-state index contributed by atoms with van der Waals surface area (Å²) in [5.74, 6) is 2.34. The van der Waals surface area contributed by atoms with Gasteiger partial charge in [-0.25, -0.2) is 0 Å². The normalized spacial score (nSPS) is 10.7. The maximum absolute atomic E-state index is 12.1. The highest BCUT2D eigenvalue weighted by atomic mass is 32.2. The van der Waals surface area contributed by atoms with Crippen LogP contribution in [0.3, 0.4) is 0 Å². The molecule has 1 amide bonds. The zero-order chi connectivity index (χ0) is 20.6. The van der Waals surface area contributed by atoms with Gasteiger partial charge < -0.3 is 14.5 Å². The van der Waals surface area contributed by atoms with Crippen LogP contribution in [0.25, 0.3) is 0 Å². The Balaban J connectivity index is 1.58. The van der Waals surface area contributed by atoms with Crippen molar-refractivity contribution >= 4 is 17.7 Å². The van der Waals surface area contributed by atoms with Crippen LogP contribution in [0, 0.1) is 13.8 Å². The predicted octanol–water partition coefficient (Wildman–Crippen LogP) is 3.66. The van der Waals surface area contributed by atoms with Gasteiger partial charge >= 0.3 is 0 Å². The van der Waals surface area contributed by atoms with Gasteiger partial charge in [-0.1, -0.05) is 35.5 Å². The second-order valence-corrected chi connectivity index (χ2v) is 7.44. The molecule has 2 heterocycles. The van der Waals surface area contributed by atoms with Crippen molar-refractivity contribution in [2.24, 2.45) is 0 Å². The topological polar surface area (TPSA) is 82.2 Å². The minimum absolute atomic E-state index is 0.104. The number of nitrogens with one attached hydrogen (secondary N) is 1. The molecule has 3 rings (SSSR count). The van der Waals surface area contributed by atoms with E-state index in [1.54, 1.807) is 18.4 Å². The van der Waals surface area contributed by atoms with Crippen LogP contribution < -0.4 is 10.1 Å². The second-order valence-electron chi connectivity index (χ2n) is 6.50. The maximum atomic E-state index is 12.1. The number of furan rings is 1. The summed E-state index contributed by atoms with van der Waals surface area (Å²) < 4.78 is 13.0. The highest BCUT2D eigenvalue weighted by Gasteiger charge is 2.14. The third kappa shape index (κ3) is 5.74. The highest BCUT2D eigenvalue weighted by molar-refractivity contribution is 7.99. The van der Waals surface area contributed by atoms with Gasteiger partial charge in [0.25, 0.3) is 0 Å². The number of carbonyl (C=O) groups is 1. The molecular formula is C21H24N4O3S. The van der Waals surface area contributed by atoms with Gasteiger partial charge in [-0.05, 0) is 37.6 Å². The number of nitrogens with zero attached hydrogens (tertiary/aromatic N) is 3. The Morgan fingerprint density at radius 3 is 2.93 bits per heavy atom. The number of hydrogen-bond donors (Lipinski definition) is 1. The monoisotopic (exact) mass is 412 g/mol. The second kappa shape index (κ2) is 9.97. The van der Waals surface area contributed by atoms with Gasteiger partial charge in [-0.15, -0.1) is 16.8 Å². The largest absolute Gasteiger partial charge is 0.485 e. The molecule has 3 aromatic rings. The lowest BCUT2D eigenvalue weighted by molar-refractivity contribution is -0.118. The highest BCUT2D eigenvalue weighted by Crippen LogP contribution is 2.21. The third-order valence-electron chi connectivity index (χ3n) is 4.16. The van der Waals surface area contributed by atoms with Crippen molar-refractivity contribution in [3.63, 3.8) is 0 Å². The Morgan fingerprint density at radius 1 is 1.34 bits per heavy atom. The molecule has 7 nitrogen and oxygen atoms in total. The van der Waals surface area contributed by atoms with Crippen molar-refractivity contribution in [1.82, 2.24) is 20.1 Å². The van der Waals surface area contributed by atoms with Crippen molar-refractivity contribution in [2.75, 3.05) is 5.75 Å². The molecule has 0 saturated carbocycles. The predicted molar refractivity (Wildman–Crippen MR) is 112 cm³/mol. The van der Waals surface area contributed by atoms with Crippen LogP contribution in [-0.4, -0.2) is 26.4 Å². The number of hydrogen-bond acceptors (Lipinski definition) is 6. The third-order valence-corrected chi connectivity index (χ3v) is 5.13. The molecular weight excluding hydrogens is 388 g/mol. The summed E-state index contributed by atoms with van der Waals surface area (Å²) in [5, 5.41) is 11.9. The molecule has 1 aromatic carbocycles. The van der Waals surface area contributed by atoms with Crippen LogP contribution in [0.4, 0.5) is 0 Å². The van der Waals surface area contributed by atoms with Crippen molar-refractivity contribution in [3.05, 3.63) is 72.0 Å². The van der Waals surface area contributed by atoms with Gasteiger partial charge in [-0.3, -0.25) is 9.36 Å². The zero-order valence-electron chi connectivity index (χ0n) is 16.6. The number of thioether (sulfide) groups is 1. The summed E-state index contributed by atoms with van der Waals surface area (Å²) >= 11 is 1.32. The number of amides is 1. The molecule has 29 heavy (non-hydrogen) atoms. The molecule has 0 aliphatic carbocycles. The van der Waals surface area contributed by atoms with E-state index in [4.69, 9.17) is 9.15 Å². The van der Waals surface area contributed by atoms with Gasteiger partial charge in [-0.2, -0.15) is 0 Å². The molecule has 0 spiro atoms. The summed E-state index contributed by atoms with van der Waals surface area (Å²) in [6.07, 6.45) is 3.35. The minimum Gasteiger partial charge on any atom is -0.485 e. The minimum atomic E-state index is -0.104. The first-order valence-corrected chi connectivity index (χ1v) is 10.2. The van der Waals surface area contributed by atoms with E-state index in [0.717, 1.165) is 11.3 Å². The van der Waals surface area contributed by atoms with Crippen LogP contribution in [0.5, 0.6) is 5.75 Å². The Labute approximate surface area is 174 Å². The van der Waals surface area contributed by atoms with E-state index >= 15 is 0 Å². The van der Waals surface area contributed by atoms with Gasteiger partial charge in [0.2, 0.25) is 5.91 Å². The van der Waals surface area contributed by atoms with Gasteiger partial charge in [0, 0.05) is 6.54 Å². The molecule has 2 aromatic heterocycles. The lowest BCUT2D eigenvalue weighted by atomic mass is 10.1. The van der Waals surface area contributed by atoms with Crippen LogP contribution in [0.1, 0.15) is 22.7 Å². The number of aryl methyl sites for hydroxylation is 2. The van der Waals surface area contributed by atoms with Crippen molar-refractivity contribution in [2.45, 2.75) is 38.7 Å². The SMILES string of the molecule is C=CCn1c(COc2ccc(C)cc2C)nnc1SCC(=O)NCc1ccco1. The summed E-state index contributed by atoms with van der Waals surface area (Å²) in [5.41, 5.74) is 2.26. The molecule has 0 aliphatic heterocycles. The van der Waals surface area contributed by atoms with Crippen LogP contribution in [-0.2, 0) is 24.5 Å². The lowest BCUT2D eigenvalue weighted by Gasteiger charge is -2.11. The Bertz CT molecular complexity index is 966. The van der Waals surface area contributed by atoms with Crippen LogP contribution in [0.15, 0.2) is 58.8 Å². The number of rotatable bonds is 10. The van der Waals surface area contributed by atoms with Crippen molar-refractivity contribution in [3.8, 4) is 5.75 Å². The average molecular weight is 413 g/mol. The van der Waals surface area contributed by atoms with E-state index in [9.17, 15) is 4.79 Å². The zero-order valence-corrected chi connectivity index (χ0v) is 17.4. The average Bonchev–Trinajstić information content (AvgIpc) is 3.35. The Morgan fingerprint density at radius 2 is 2.21 bits per heavy atom. The maximum Gasteiger partial charge on any atom is 0.230 e. The van der Waals surface area contributed by atoms with E-state index < -0.39 is 0 Å². The van der Waals surface area contributed by atoms with Crippen molar-refractivity contribution < 1.29 is 13.9 Å². The molecule has 0 saturated heterocycles. The van der Waals surface area contributed by atoms with Crippen LogP contribution in [0.2, 0.25) is 0 Å². The van der Waals surface area contributed by atoms with Gasteiger partial charge in [0.15, 0.2) is 11.0 Å². The summed E-state index contributed by atoms with van der Waals surface area (Å²) in [6.45, 7) is 9.04. The Hall–Kier alpha value is -3.00. The quantitative estimate of drug-likeness (QED) is 0.404. The van der Waals surface area contributed by atoms with Crippen LogP contribution >= 0.6 is 11.8 Å². The molecule has 8 heteroatoms. The number of allylic oxidation sites excluding steroid dienone is 1. The molecule has 1 N–H and O–H groups in total. The molecule has 0 atom stereocenters. The first-order valence-electron chi connectivity index (χ1n) is 9.21. The number of ether oxygens (including phenoxy) is 1. The van der Waals surface area contributed by atoms with Gasteiger partial charge in [0.05, 0.1) is 18.6 Å². The van der Waals surface area contributed by atoms with E-state index in [1.165, 1.54) is 17.3 Å². The summed E-state index contributed by atoms with van der Waals surface area (Å²) in [4.78, 5) is 12.1. The fourth-order valence-corrected chi connectivity index (χ4v) is 3.53. The molecule has 0 aliphatic rings. The number of carbonyl (C=O) groups excluding carboxylic acids is 1. The van der Waals surface area contributed by atoms with Gasteiger partial charge in [0.1, 0.15) is 18.1 Å². The summed E-state index contributed by atoms with van der Waals surface area (Å²) in [7, 11) is 0. The van der Waals surface area contributed by atoms with E-state index in [0.29, 0.717) is 29.8 Å². The number of aromatic nitrogens is 3. The fraction of sp³-hybridized carbons (Fsp3) is 0.286. The lowest BCUT2D eigenvalue weighted by Crippen LogP contribution is -2.24. The standard InChI is InChI=1S/C21H24N4O3S/c1-4-9-25-19(13-28-18-8-7-15(2)11-16(18)3)23-24-21(25)29-14-20(26)22-12-17-6-5-10-27-17/h4-8,10-11H,1,9,12-14H2,2-3H3,(H,22,26). The first kappa shape index (κ1) is 20.7. The number of benzene rings is 1. The smallest absolute Gasteiger partial charge is 0.230 e. The Kier molecular flexibility index (Phi) is 7.13. The summed E-state index contributed by atoms with van der Waals surface area (Å²) in [6, 6.07) is 9.65. The first-order chi connectivity index (χ1) is 14.1.